The molecule has 2 heterocycles. The number of aromatic nitrogens is 6. The molecule has 0 aliphatic heterocycles. The summed E-state index contributed by atoms with van der Waals surface area (Å²) in [6, 6.07) is 0.303. The molecule has 0 radical (unpaired) electrons. The number of anilines is 2. The van der Waals surface area contributed by atoms with Crippen molar-refractivity contribution in [2.45, 2.75) is 38.4 Å². The highest BCUT2D eigenvalue weighted by Gasteiger charge is 2.13. The predicted molar refractivity (Wildman–Crippen MR) is 95.5 cm³/mol. The van der Waals surface area contributed by atoms with E-state index < -0.39 is 0 Å². The van der Waals surface area contributed by atoms with Crippen LogP contribution >= 0.6 is 11.8 Å². The van der Waals surface area contributed by atoms with Crippen molar-refractivity contribution in [2.75, 3.05) is 30.5 Å². The quantitative estimate of drug-likeness (QED) is 0.776. The molecule has 2 aromatic heterocycles. The molecule has 0 amide bonds. The molecule has 24 heavy (non-hydrogen) atoms. The molecule has 2 rings (SSSR count). The minimum Gasteiger partial charge on any atom is -0.467 e. The van der Waals surface area contributed by atoms with Crippen LogP contribution in [0.4, 0.5) is 11.9 Å². The summed E-state index contributed by atoms with van der Waals surface area (Å²) < 4.78 is 5.01. The number of thioether (sulfide) groups is 1. The van der Waals surface area contributed by atoms with E-state index >= 15 is 0 Å². The predicted octanol–water partition coefficient (Wildman–Crippen LogP) is 2.12. The first-order valence-electron chi connectivity index (χ1n) is 7.36. The lowest BCUT2D eigenvalue weighted by Crippen LogP contribution is -2.27. The van der Waals surface area contributed by atoms with Crippen LogP contribution < -0.4 is 15.4 Å². The molecule has 10 heteroatoms. The van der Waals surface area contributed by atoms with Crippen LogP contribution in [0.15, 0.2) is 17.8 Å². The first-order valence-corrected chi connectivity index (χ1v) is 8.58. The number of hydrogen-bond acceptors (Lipinski definition) is 10. The average molecular weight is 352 g/mol. The zero-order chi connectivity index (χ0) is 18.0. The Morgan fingerprint density at radius 2 is 1.71 bits per heavy atom. The van der Waals surface area contributed by atoms with Crippen molar-refractivity contribution in [3.63, 3.8) is 0 Å². The van der Waals surface area contributed by atoms with Gasteiger partial charge in [-0.05, 0) is 34.0 Å². The van der Waals surface area contributed by atoms with Gasteiger partial charge in [0.25, 0.3) is 0 Å². The van der Waals surface area contributed by atoms with E-state index in [0.717, 1.165) is 11.7 Å². The molecule has 0 fully saturated rings. The Hall–Kier alpha value is -2.23. The van der Waals surface area contributed by atoms with Crippen LogP contribution in [0, 0.1) is 0 Å². The summed E-state index contributed by atoms with van der Waals surface area (Å²) in [5.74, 6) is 1.02. The summed E-state index contributed by atoms with van der Waals surface area (Å²) in [6.07, 6.45) is 4.90. The van der Waals surface area contributed by atoms with Crippen molar-refractivity contribution in [1.82, 2.24) is 29.9 Å². The third kappa shape index (κ3) is 7.86. The van der Waals surface area contributed by atoms with Crippen molar-refractivity contribution in [3.8, 4) is 6.01 Å². The maximum absolute atomic E-state index is 5.01. The molecule has 0 aromatic carbocycles. The van der Waals surface area contributed by atoms with Gasteiger partial charge < -0.3 is 15.4 Å². The Labute approximate surface area is 146 Å². The van der Waals surface area contributed by atoms with Gasteiger partial charge in [-0.25, -0.2) is 15.0 Å². The monoisotopic (exact) mass is 352 g/mol. The normalized spacial score (nSPS) is 10.4. The van der Waals surface area contributed by atoms with E-state index in [-0.39, 0.29) is 5.54 Å². The highest BCUT2D eigenvalue weighted by Crippen LogP contribution is 2.14. The van der Waals surface area contributed by atoms with Crippen LogP contribution in [0.5, 0.6) is 6.01 Å². The number of ether oxygens (including phenoxy) is 1. The number of hydrogen-bond donors (Lipinski definition) is 2. The molecular weight excluding hydrogens is 328 g/mol. The number of nitrogens with zero attached hydrogens (tertiary/aromatic N) is 6. The van der Waals surface area contributed by atoms with E-state index in [1.165, 1.54) is 31.5 Å². The Morgan fingerprint density at radius 3 is 2.17 bits per heavy atom. The Morgan fingerprint density at radius 1 is 1.08 bits per heavy atom. The zero-order valence-electron chi connectivity index (χ0n) is 14.9. The minimum absolute atomic E-state index is 0.101. The van der Waals surface area contributed by atoms with Gasteiger partial charge in [-0.2, -0.15) is 15.0 Å². The first-order chi connectivity index (χ1) is 11.4. The van der Waals surface area contributed by atoms with Gasteiger partial charge >= 0.3 is 6.01 Å². The molecule has 0 saturated heterocycles. The lowest BCUT2D eigenvalue weighted by atomic mass is 10.1. The molecule has 0 aliphatic rings. The van der Waals surface area contributed by atoms with E-state index in [2.05, 4.69) is 40.5 Å². The third-order valence-electron chi connectivity index (χ3n) is 2.27. The van der Waals surface area contributed by atoms with Gasteiger partial charge in [0.05, 0.1) is 7.11 Å². The first kappa shape index (κ1) is 19.8. The Bertz CT molecular complexity index is 605. The lowest BCUT2D eigenvalue weighted by molar-refractivity contribution is 0.379. The summed E-state index contributed by atoms with van der Waals surface area (Å²) >= 11 is 1.51. The van der Waals surface area contributed by atoms with E-state index in [1.54, 1.807) is 0 Å². The zero-order valence-corrected chi connectivity index (χ0v) is 15.7. The fourth-order valence-electron chi connectivity index (χ4n) is 1.41. The molecule has 0 spiro atoms. The highest BCUT2D eigenvalue weighted by molar-refractivity contribution is 7.98. The molecule has 0 saturated carbocycles. The fraction of sp³-hybridized carbons (Fsp3) is 0.571. The van der Waals surface area contributed by atoms with Crippen LogP contribution in [0.25, 0.3) is 0 Å². The molecule has 132 valence electrons. The largest absolute Gasteiger partial charge is 0.467 e. The second-order valence-electron chi connectivity index (χ2n) is 5.50. The molecule has 2 N–H and O–H groups in total. The summed E-state index contributed by atoms with van der Waals surface area (Å²) in [4.78, 5) is 23.8. The van der Waals surface area contributed by atoms with Crippen molar-refractivity contribution in [1.29, 1.82) is 0 Å². The number of nitrogens with one attached hydrogen (secondary N) is 2. The van der Waals surface area contributed by atoms with Crippen molar-refractivity contribution in [2.24, 2.45) is 0 Å². The van der Waals surface area contributed by atoms with Gasteiger partial charge in [-0.1, -0.05) is 11.8 Å². The van der Waals surface area contributed by atoms with Gasteiger partial charge in [0, 0.05) is 12.1 Å². The van der Waals surface area contributed by atoms with Crippen molar-refractivity contribution in [3.05, 3.63) is 12.7 Å². The Balaban J connectivity index is 0.000000300. The lowest BCUT2D eigenvalue weighted by Gasteiger charge is -2.20. The number of rotatable bonds is 5. The molecule has 0 bridgehead atoms. The fourth-order valence-corrected chi connectivity index (χ4v) is 1.72. The van der Waals surface area contributed by atoms with Gasteiger partial charge in [0.15, 0.2) is 5.16 Å². The molecule has 0 aliphatic carbocycles. The van der Waals surface area contributed by atoms with Gasteiger partial charge in [0.2, 0.25) is 11.9 Å². The Kier molecular flexibility index (Phi) is 8.10. The second kappa shape index (κ2) is 9.81. The molecular formula is C14H24N8OS. The van der Waals surface area contributed by atoms with Crippen LogP contribution in [-0.4, -0.2) is 55.4 Å². The standard InChI is InChI=1S/C10H19N5O.C4H5N3S/c1-6-11-7-12-8(15-10(2,3)4)14-9(13-7)16-5;1-8-4-6-2-5-3-7-4/h6H2,1-5H3,(H2,11,12,13,14,15);2-3H,1H3. The van der Waals surface area contributed by atoms with E-state index in [1.807, 2.05) is 34.0 Å². The SMILES string of the molecule is CCNc1nc(NC(C)(C)C)nc(OC)n1.CSc1ncncn1. The topological polar surface area (TPSA) is 111 Å². The van der Waals surface area contributed by atoms with Crippen LogP contribution in [-0.2, 0) is 0 Å². The minimum atomic E-state index is -0.101. The van der Waals surface area contributed by atoms with Crippen molar-refractivity contribution < 1.29 is 4.74 Å². The van der Waals surface area contributed by atoms with E-state index in [0.29, 0.717) is 17.9 Å². The molecule has 0 unspecified atom stereocenters. The third-order valence-corrected chi connectivity index (χ3v) is 2.85. The molecule has 9 nitrogen and oxygen atoms in total. The molecule has 0 atom stereocenters. The van der Waals surface area contributed by atoms with Crippen molar-refractivity contribution >= 4 is 23.7 Å². The van der Waals surface area contributed by atoms with Crippen LogP contribution in [0.3, 0.4) is 0 Å². The van der Waals surface area contributed by atoms with E-state index in [4.69, 9.17) is 4.74 Å². The highest BCUT2D eigenvalue weighted by atomic mass is 32.2. The van der Waals surface area contributed by atoms with Gasteiger partial charge in [0.1, 0.15) is 12.7 Å². The van der Waals surface area contributed by atoms with Crippen LogP contribution in [0.1, 0.15) is 27.7 Å². The maximum atomic E-state index is 5.01. The summed E-state index contributed by atoms with van der Waals surface area (Å²) in [6.45, 7) is 8.85. The summed E-state index contributed by atoms with van der Waals surface area (Å²) in [5.41, 5.74) is -0.101. The average Bonchev–Trinajstić information content (AvgIpc) is 2.54. The maximum Gasteiger partial charge on any atom is 0.322 e. The van der Waals surface area contributed by atoms with E-state index in [9.17, 15) is 0 Å². The summed E-state index contributed by atoms with van der Waals surface area (Å²) in [5, 5.41) is 6.96. The van der Waals surface area contributed by atoms with Crippen LogP contribution in [0.2, 0.25) is 0 Å². The second-order valence-corrected chi connectivity index (χ2v) is 6.27. The number of methoxy groups -OCH3 is 1. The summed E-state index contributed by atoms with van der Waals surface area (Å²) in [7, 11) is 1.53. The smallest absolute Gasteiger partial charge is 0.322 e. The van der Waals surface area contributed by atoms with Gasteiger partial charge in [-0.15, -0.1) is 0 Å². The van der Waals surface area contributed by atoms with Gasteiger partial charge in [-0.3, -0.25) is 0 Å². The molecule has 2 aromatic rings.